The van der Waals surface area contributed by atoms with Crippen LogP contribution in [0.3, 0.4) is 0 Å². The third kappa shape index (κ3) is 2.40. The highest BCUT2D eigenvalue weighted by Gasteiger charge is 2.29. The Kier molecular flexibility index (Phi) is 2.84. The molecule has 4 nitrogen and oxygen atoms in total. The average molecular weight is 247 g/mol. The molecule has 18 heavy (non-hydrogen) atoms. The van der Waals surface area contributed by atoms with Gasteiger partial charge < -0.3 is 15.2 Å². The van der Waals surface area contributed by atoms with Crippen LogP contribution < -0.4 is 5.73 Å². The van der Waals surface area contributed by atoms with Crippen molar-refractivity contribution in [1.82, 2.24) is 0 Å². The number of aryl methyl sites for hydroxylation is 1. The van der Waals surface area contributed by atoms with Crippen LogP contribution in [-0.2, 0) is 22.3 Å². The van der Waals surface area contributed by atoms with Gasteiger partial charge in [-0.2, -0.15) is 0 Å². The number of carbonyl (C=O) groups excluding carboxylic acids is 1. The van der Waals surface area contributed by atoms with Gasteiger partial charge in [0, 0.05) is 18.4 Å². The van der Waals surface area contributed by atoms with Gasteiger partial charge >= 0.3 is 0 Å². The number of epoxide rings is 2. The second-order valence-corrected chi connectivity index (χ2v) is 5.08. The summed E-state index contributed by atoms with van der Waals surface area (Å²) in [4.78, 5) is 11.6. The minimum Gasteiger partial charge on any atom is -0.373 e. The summed E-state index contributed by atoms with van der Waals surface area (Å²) in [5, 5.41) is 0. The van der Waals surface area contributed by atoms with Crippen molar-refractivity contribution in [3.05, 3.63) is 34.4 Å². The summed E-state index contributed by atoms with van der Waals surface area (Å²) in [6.07, 6.45) is 2.21. The van der Waals surface area contributed by atoms with Crippen molar-refractivity contribution in [2.75, 3.05) is 13.2 Å². The Morgan fingerprint density at radius 1 is 1.28 bits per heavy atom. The van der Waals surface area contributed by atoms with E-state index in [1.54, 1.807) is 0 Å². The van der Waals surface area contributed by atoms with Crippen LogP contribution in [-0.4, -0.2) is 31.3 Å². The Morgan fingerprint density at radius 2 is 1.89 bits per heavy atom. The monoisotopic (exact) mass is 247 g/mol. The molecule has 0 saturated carbocycles. The van der Waals surface area contributed by atoms with Crippen molar-refractivity contribution in [3.63, 3.8) is 0 Å². The molecule has 2 heterocycles. The highest BCUT2D eigenvalue weighted by Crippen LogP contribution is 2.27. The summed E-state index contributed by atoms with van der Waals surface area (Å²) in [5.41, 5.74) is 9.36. The lowest BCUT2D eigenvalue weighted by Crippen LogP contribution is -2.18. The lowest BCUT2D eigenvalue weighted by molar-refractivity contribution is 0.0998. The molecule has 0 spiro atoms. The van der Waals surface area contributed by atoms with Crippen LogP contribution in [0.5, 0.6) is 0 Å². The van der Waals surface area contributed by atoms with E-state index in [4.69, 9.17) is 15.2 Å². The maximum absolute atomic E-state index is 11.6. The van der Waals surface area contributed by atoms with E-state index in [0.29, 0.717) is 11.7 Å². The molecule has 2 fully saturated rings. The Morgan fingerprint density at radius 3 is 2.44 bits per heavy atom. The molecule has 0 aromatic heterocycles. The highest BCUT2D eigenvalue weighted by atomic mass is 16.6. The van der Waals surface area contributed by atoms with Crippen LogP contribution in [0.4, 0.5) is 0 Å². The number of carbonyl (C=O) groups is 1. The fourth-order valence-electron chi connectivity index (χ4n) is 2.42. The average Bonchev–Trinajstić information content (AvgIpc) is 3.16. The predicted molar refractivity (Wildman–Crippen MR) is 66.6 cm³/mol. The van der Waals surface area contributed by atoms with Gasteiger partial charge in [0.25, 0.3) is 0 Å². The van der Waals surface area contributed by atoms with E-state index in [-0.39, 0.29) is 12.0 Å². The van der Waals surface area contributed by atoms with Crippen LogP contribution in [0.2, 0.25) is 0 Å². The molecule has 96 valence electrons. The number of ether oxygens (including phenoxy) is 2. The second kappa shape index (κ2) is 4.37. The van der Waals surface area contributed by atoms with Crippen molar-refractivity contribution in [2.45, 2.75) is 32.0 Å². The van der Waals surface area contributed by atoms with Crippen LogP contribution in [0.25, 0.3) is 0 Å². The van der Waals surface area contributed by atoms with Gasteiger partial charge in [0.1, 0.15) is 0 Å². The van der Waals surface area contributed by atoms with Crippen molar-refractivity contribution in [1.29, 1.82) is 0 Å². The maximum Gasteiger partial charge on any atom is 0.249 e. The molecule has 0 aliphatic carbocycles. The van der Waals surface area contributed by atoms with Gasteiger partial charge in [-0.05, 0) is 23.6 Å². The zero-order chi connectivity index (χ0) is 12.7. The maximum atomic E-state index is 11.6. The smallest absolute Gasteiger partial charge is 0.249 e. The van der Waals surface area contributed by atoms with Crippen molar-refractivity contribution in [2.24, 2.45) is 5.73 Å². The minimum atomic E-state index is -0.346. The molecule has 4 heteroatoms. The van der Waals surface area contributed by atoms with Crippen LogP contribution in [0.1, 0.15) is 27.0 Å². The number of amides is 1. The summed E-state index contributed by atoms with van der Waals surface area (Å²) in [7, 11) is 0. The lowest BCUT2D eigenvalue weighted by Gasteiger charge is -2.14. The zero-order valence-corrected chi connectivity index (χ0v) is 10.4. The molecule has 2 aliphatic heterocycles. The molecule has 1 aromatic rings. The predicted octanol–water partition coefficient (Wildman–Crippen LogP) is 0.977. The summed E-state index contributed by atoms with van der Waals surface area (Å²) in [6, 6.07) is 4.05. The van der Waals surface area contributed by atoms with E-state index in [2.05, 4.69) is 6.07 Å². The zero-order valence-electron chi connectivity index (χ0n) is 10.4. The number of hydrogen-bond donors (Lipinski definition) is 1. The van der Waals surface area contributed by atoms with E-state index in [0.717, 1.165) is 37.2 Å². The molecule has 3 rings (SSSR count). The first-order valence-electron chi connectivity index (χ1n) is 6.29. The number of nitrogens with two attached hydrogens (primary N) is 1. The number of primary amides is 1. The molecular weight excluding hydrogens is 230 g/mol. The van der Waals surface area contributed by atoms with E-state index < -0.39 is 0 Å². The van der Waals surface area contributed by atoms with Gasteiger partial charge in [-0.15, -0.1) is 0 Å². The van der Waals surface area contributed by atoms with Gasteiger partial charge in [-0.25, -0.2) is 0 Å². The molecule has 0 radical (unpaired) electrons. The quantitative estimate of drug-likeness (QED) is 0.788. The fraction of sp³-hybridized carbons (Fsp3) is 0.500. The Labute approximate surface area is 106 Å². The normalized spacial score (nSPS) is 24.9. The van der Waals surface area contributed by atoms with Crippen molar-refractivity contribution >= 4 is 5.91 Å². The topological polar surface area (TPSA) is 68.2 Å². The van der Waals surface area contributed by atoms with Gasteiger partial charge in [-0.1, -0.05) is 12.1 Å². The SMILES string of the molecule is Cc1ccc(CC2CO2)c(CC2CO2)c1C(N)=O. The molecule has 2 aliphatic rings. The van der Waals surface area contributed by atoms with Crippen LogP contribution in [0.15, 0.2) is 12.1 Å². The lowest BCUT2D eigenvalue weighted by atomic mass is 9.91. The Hall–Kier alpha value is -1.39. The molecule has 1 amide bonds. The first kappa shape index (κ1) is 11.7. The van der Waals surface area contributed by atoms with Gasteiger partial charge in [0.15, 0.2) is 0 Å². The van der Waals surface area contributed by atoms with Gasteiger partial charge in [-0.3, -0.25) is 4.79 Å². The van der Waals surface area contributed by atoms with E-state index in [1.165, 1.54) is 5.56 Å². The summed E-state index contributed by atoms with van der Waals surface area (Å²) in [6.45, 7) is 3.53. The third-order valence-corrected chi connectivity index (χ3v) is 3.55. The molecule has 1 aromatic carbocycles. The largest absolute Gasteiger partial charge is 0.373 e. The van der Waals surface area contributed by atoms with Crippen molar-refractivity contribution < 1.29 is 14.3 Å². The molecule has 2 unspecified atom stereocenters. The van der Waals surface area contributed by atoms with E-state index in [1.807, 2.05) is 13.0 Å². The highest BCUT2D eigenvalue weighted by molar-refractivity contribution is 5.96. The van der Waals surface area contributed by atoms with E-state index in [9.17, 15) is 4.79 Å². The Balaban J connectivity index is 1.99. The summed E-state index contributed by atoms with van der Waals surface area (Å²) in [5.74, 6) is -0.346. The molecule has 0 bridgehead atoms. The van der Waals surface area contributed by atoms with Crippen LogP contribution in [0, 0.1) is 6.92 Å². The first-order chi connectivity index (χ1) is 8.65. The standard InChI is InChI=1S/C14H17NO3/c1-8-2-3-9(4-10-6-17-10)12(5-11-7-18-11)13(8)14(15)16/h2-3,10-11H,4-7H2,1H3,(H2,15,16). The summed E-state index contributed by atoms with van der Waals surface area (Å²) < 4.78 is 10.6. The second-order valence-electron chi connectivity index (χ2n) is 5.08. The summed E-state index contributed by atoms with van der Waals surface area (Å²) >= 11 is 0. The molecular formula is C14H17NO3. The molecule has 2 N–H and O–H groups in total. The fourth-order valence-corrected chi connectivity index (χ4v) is 2.42. The molecule has 2 saturated heterocycles. The van der Waals surface area contributed by atoms with Gasteiger partial charge in [0.05, 0.1) is 25.4 Å². The number of rotatable bonds is 5. The van der Waals surface area contributed by atoms with Crippen LogP contribution >= 0.6 is 0 Å². The minimum absolute atomic E-state index is 0.253. The first-order valence-corrected chi connectivity index (χ1v) is 6.29. The van der Waals surface area contributed by atoms with E-state index >= 15 is 0 Å². The number of hydrogen-bond acceptors (Lipinski definition) is 3. The van der Waals surface area contributed by atoms with Crippen molar-refractivity contribution in [3.8, 4) is 0 Å². The van der Waals surface area contributed by atoms with Gasteiger partial charge in [0.2, 0.25) is 5.91 Å². The Bertz CT molecular complexity index is 490. The third-order valence-electron chi connectivity index (χ3n) is 3.55. The number of benzene rings is 1. The molecule has 2 atom stereocenters.